The summed E-state index contributed by atoms with van der Waals surface area (Å²) < 4.78 is 11.0. The van der Waals surface area contributed by atoms with Crippen molar-refractivity contribution >= 4 is 71.2 Å². The van der Waals surface area contributed by atoms with E-state index in [-0.39, 0.29) is 0 Å². The average Bonchev–Trinajstić information content (AvgIpc) is 3.84. The largest absolute Gasteiger partial charge is 0.456 e. The molecule has 0 bridgehead atoms. The highest BCUT2D eigenvalue weighted by atomic mass is 16.3. The predicted molar refractivity (Wildman–Crippen MR) is 214 cm³/mol. The standard InChI is InChI=1S/C48H34N2O/c1-2-10-35(11-3-1)49-43-15-7-4-12-37(43)40-30-46-41(29-45(40)49)38-13-5-8-16-44(38)50(46)36-25-22-32(23-26-36)31-18-20-33(21-19-31)34-24-27-48-42(28-34)39-14-6-9-17-47(39)51-48/h1-21,24-25,27-30,32H,22-23,26H2. The summed E-state index contributed by atoms with van der Waals surface area (Å²) in [5.74, 6) is 0.506. The van der Waals surface area contributed by atoms with Crippen molar-refractivity contribution in [2.75, 3.05) is 0 Å². The fourth-order valence-corrected chi connectivity index (χ4v) is 8.77. The molecule has 0 amide bonds. The lowest BCUT2D eigenvalue weighted by Gasteiger charge is -2.24. The third kappa shape index (κ3) is 4.38. The first-order chi connectivity index (χ1) is 25.3. The number of para-hydroxylation sites is 4. The van der Waals surface area contributed by atoms with E-state index < -0.39 is 0 Å². The van der Waals surface area contributed by atoms with E-state index in [1.165, 1.54) is 82.5 Å². The fourth-order valence-electron chi connectivity index (χ4n) is 8.77. The van der Waals surface area contributed by atoms with Crippen molar-refractivity contribution in [1.29, 1.82) is 0 Å². The summed E-state index contributed by atoms with van der Waals surface area (Å²) in [6.07, 6.45) is 5.70. The summed E-state index contributed by atoms with van der Waals surface area (Å²) in [6.45, 7) is 0. The molecule has 51 heavy (non-hydrogen) atoms. The summed E-state index contributed by atoms with van der Waals surface area (Å²) in [4.78, 5) is 0. The SMILES string of the molecule is C1=C(n2c3ccccc3c3cc4c(cc32)c2ccccc2n4-c2ccccc2)CCC(c2ccc(-c3ccc4oc5ccccc5c4c3)cc2)C1. The zero-order valence-electron chi connectivity index (χ0n) is 28.1. The topological polar surface area (TPSA) is 23.0 Å². The second-order valence-corrected chi connectivity index (χ2v) is 14.0. The molecule has 0 radical (unpaired) electrons. The van der Waals surface area contributed by atoms with E-state index in [2.05, 4.69) is 161 Å². The molecule has 3 heteroatoms. The lowest BCUT2D eigenvalue weighted by atomic mass is 9.85. The van der Waals surface area contributed by atoms with Crippen molar-refractivity contribution < 1.29 is 4.42 Å². The molecule has 1 aliphatic carbocycles. The van der Waals surface area contributed by atoms with E-state index in [0.717, 1.165) is 30.4 Å². The van der Waals surface area contributed by atoms with Crippen LogP contribution in [-0.4, -0.2) is 9.13 Å². The fraction of sp³-hybridized carbons (Fsp3) is 0.0833. The molecule has 242 valence electrons. The van der Waals surface area contributed by atoms with Crippen LogP contribution in [0.3, 0.4) is 0 Å². The van der Waals surface area contributed by atoms with E-state index in [9.17, 15) is 0 Å². The zero-order chi connectivity index (χ0) is 33.5. The van der Waals surface area contributed by atoms with Gasteiger partial charge >= 0.3 is 0 Å². The zero-order valence-corrected chi connectivity index (χ0v) is 28.1. The van der Waals surface area contributed by atoms with E-state index >= 15 is 0 Å². The first-order valence-corrected chi connectivity index (χ1v) is 18.0. The van der Waals surface area contributed by atoms with Gasteiger partial charge in [-0.2, -0.15) is 0 Å². The van der Waals surface area contributed by atoms with Crippen LogP contribution >= 0.6 is 0 Å². The van der Waals surface area contributed by atoms with Crippen molar-refractivity contribution in [3.8, 4) is 16.8 Å². The van der Waals surface area contributed by atoms with Gasteiger partial charge in [-0.15, -0.1) is 0 Å². The molecular formula is C48H34N2O. The highest BCUT2D eigenvalue weighted by Crippen LogP contribution is 2.42. The summed E-state index contributed by atoms with van der Waals surface area (Å²) in [5, 5.41) is 7.53. The third-order valence-corrected chi connectivity index (χ3v) is 11.2. The first kappa shape index (κ1) is 28.5. The van der Waals surface area contributed by atoms with Crippen LogP contribution in [0.4, 0.5) is 0 Å². The van der Waals surface area contributed by atoms with Gasteiger partial charge in [0.2, 0.25) is 0 Å². The van der Waals surface area contributed by atoms with Crippen LogP contribution in [0.1, 0.15) is 30.7 Å². The quantitative estimate of drug-likeness (QED) is 0.185. The molecule has 0 N–H and O–H groups in total. The van der Waals surface area contributed by atoms with Gasteiger partial charge < -0.3 is 13.6 Å². The highest BCUT2D eigenvalue weighted by Gasteiger charge is 2.22. The molecule has 1 atom stereocenters. The Labute approximate surface area is 295 Å². The lowest BCUT2D eigenvalue weighted by molar-refractivity contribution is 0.616. The summed E-state index contributed by atoms with van der Waals surface area (Å²) in [6, 6.07) is 57.5. The Morgan fingerprint density at radius 2 is 1.06 bits per heavy atom. The first-order valence-electron chi connectivity index (χ1n) is 18.0. The van der Waals surface area contributed by atoms with Gasteiger partial charge in [-0.3, -0.25) is 0 Å². The van der Waals surface area contributed by atoms with Gasteiger partial charge in [-0.05, 0) is 96.5 Å². The number of nitrogens with zero attached hydrogens (tertiary/aromatic N) is 2. The minimum absolute atomic E-state index is 0.506. The second-order valence-electron chi connectivity index (χ2n) is 14.0. The molecule has 1 aliphatic rings. The van der Waals surface area contributed by atoms with Gasteiger partial charge in [-0.1, -0.05) is 109 Å². The third-order valence-electron chi connectivity index (χ3n) is 11.2. The van der Waals surface area contributed by atoms with E-state index in [1.54, 1.807) is 0 Å². The van der Waals surface area contributed by atoms with Gasteiger partial charge in [-0.25, -0.2) is 0 Å². The molecule has 0 saturated carbocycles. The molecular weight excluding hydrogens is 621 g/mol. The molecule has 11 rings (SSSR count). The van der Waals surface area contributed by atoms with Gasteiger partial charge in [0.05, 0.1) is 22.1 Å². The Hall–Kier alpha value is -6.32. The van der Waals surface area contributed by atoms with Crippen LogP contribution in [0.5, 0.6) is 0 Å². The number of hydrogen-bond donors (Lipinski definition) is 0. The Bertz CT molecular complexity index is 2990. The van der Waals surface area contributed by atoms with Gasteiger partial charge in [0.25, 0.3) is 0 Å². The molecule has 3 heterocycles. The number of allylic oxidation sites excluding steroid dienone is 2. The molecule has 0 aliphatic heterocycles. The molecule has 0 spiro atoms. The molecule has 0 saturated heterocycles. The van der Waals surface area contributed by atoms with Crippen LogP contribution in [0.25, 0.3) is 88.1 Å². The molecule has 0 fully saturated rings. The van der Waals surface area contributed by atoms with Crippen LogP contribution in [0.2, 0.25) is 0 Å². The number of fused-ring (bicyclic) bond motifs is 9. The Kier molecular flexibility index (Phi) is 6.20. The van der Waals surface area contributed by atoms with Gasteiger partial charge in [0.1, 0.15) is 11.2 Å². The number of aromatic nitrogens is 2. The van der Waals surface area contributed by atoms with Crippen LogP contribution in [0.15, 0.2) is 168 Å². The number of hydrogen-bond acceptors (Lipinski definition) is 1. The molecule has 3 nitrogen and oxygen atoms in total. The van der Waals surface area contributed by atoms with E-state index in [1.807, 2.05) is 12.1 Å². The molecule has 3 aromatic heterocycles. The van der Waals surface area contributed by atoms with Crippen LogP contribution in [-0.2, 0) is 0 Å². The van der Waals surface area contributed by atoms with Gasteiger partial charge in [0, 0.05) is 43.7 Å². The Morgan fingerprint density at radius 3 is 1.78 bits per heavy atom. The smallest absolute Gasteiger partial charge is 0.135 e. The number of benzene rings is 7. The van der Waals surface area contributed by atoms with Crippen molar-refractivity contribution in [2.45, 2.75) is 25.2 Å². The summed E-state index contributed by atoms with van der Waals surface area (Å²) in [5.41, 5.74) is 13.4. The maximum atomic E-state index is 6.07. The minimum Gasteiger partial charge on any atom is -0.456 e. The number of furan rings is 1. The van der Waals surface area contributed by atoms with Gasteiger partial charge in [0.15, 0.2) is 0 Å². The Morgan fingerprint density at radius 1 is 0.451 bits per heavy atom. The molecule has 10 aromatic rings. The summed E-state index contributed by atoms with van der Waals surface area (Å²) >= 11 is 0. The maximum Gasteiger partial charge on any atom is 0.135 e. The minimum atomic E-state index is 0.506. The van der Waals surface area contributed by atoms with Crippen molar-refractivity contribution in [2.24, 2.45) is 0 Å². The predicted octanol–water partition coefficient (Wildman–Crippen LogP) is 13.3. The number of rotatable bonds is 4. The normalized spacial score (nSPS) is 15.1. The van der Waals surface area contributed by atoms with Crippen LogP contribution < -0.4 is 0 Å². The van der Waals surface area contributed by atoms with E-state index in [4.69, 9.17) is 4.42 Å². The van der Waals surface area contributed by atoms with Crippen molar-refractivity contribution in [3.63, 3.8) is 0 Å². The molecule has 7 aromatic carbocycles. The highest BCUT2D eigenvalue weighted by molar-refractivity contribution is 6.19. The Balaban J connectivity index is 0.964. The van der Waals surface area contributed by atoms with Crippen molar-refractivity contribution in [3.05, 3.63) is 169 Å². The van der Waals surface area contributed by atoms with Crippen molar-refractivity contribution in [1.82, 2.24) is 9.13 Å². The summed E-state index contributed by atoms with van der Waals surface area (Å²) in [7, 11) is 0. The monoisotopic (exact) mass is 654 g/mol. The second kappa shape index (κ2) is 11.1. The molecule has 1 unspecified atom stereocenters. The van der Waals surface area contributed by atoms with E-state index in [0.29, 0.717) is 5.92 Å². The lowest BCUT2D eigenvalue weighted by Crippen LogP contribution is -2.08. The van der Waals surface area contributed by atoms with Crippen LogP contribution in [0, 0.1) is 0 Å². The maximum absolute atomic E-state index is 6.07. The average molecular weight is 655 g/mol.